The molecule has 1 aliphatic rings. The highest BCUT2D eigenvalue weighted by Crippen LogP contribution is 2.24. The third-order valence-corrected chi connectivity index (χ3v) is 4.04. The fraction of sp³-hybridized carbons (Fsp3) is 0.688. The summed E-state index contributed by atoms with van der Waals surface area (Å²) in [7, 11) is 1.86. The predicted octanol–water partition coefficient (Wildman–Crippen LogP) is 2.95. The molecule has 0 unspecified atom stereocenters. The van der Waals surface area contributed by atoms with Gasteiger partial charge in [0.25, 0.3) is 5.91 Å². The van der Waals surface area contributed by atoms with Crippen molar-refractivity contribution in [2.24, 2.45) is 5.92 Å². The van der Waals surface area contributed by atoms with Gasteiger partial charge in [0, 0.05) is 20.1 Å². The van der Waals surface area contributed by atoms with Crippen LogP contribution < -0.4 is 5.32 Å². The quantitative estimate of drug-likeness (QED) is 0.875. The van der Waals surface area contributed by atoms with E-state index in [0.717, 1.165) is 25.3 Å². The zero-order valence-electron chi connectivity index (χ0n) is 13.1. The monoisotopic (exact) mass is 290 g/mol. The minimum atomic E-state index is -0.0323. The molecular weight excluding hydrogens is 264 g/mol. The molecule has 5 nitrogen and oxygen atoms in total. The Morgan fingerprint density at radius 1 is 1.29 bits per heavy atom. The number of rotatable bonds is 6. The minimum absolute atomic E-state index is 0.0323. The Balaban J connectivity index is 1.88. The van der Waals surface area contributed by atoms with E-state index < -0.39 is 0 Å². The van der Waals surface area contributed by atoms with Crippen molar-refractivity contribution < 1.29 is 4.79 Å². The largest absolute Gasteiger partial charge is 0.369 e. The van der Waals surface area contributed by atoms with Gasteiger partial charge in [-0.2, -0.15) is 0 Å². The number of nitrogens with one attached hydrogen (secondary N) is 1. The standard InChI is InChI=1S/C16H26N4O/c1-3-11-17-15-10-9-14(18-19-15)16(21)20(2)12-13-7-5-4-6-8-13/h9-10,13H,3-8,11-12H2,1-2H3,(H,17,19). The van der Waals surface area contributed by atoms with Crippen molar-refractivity contribution in [3.8, 4) is 0 Å². The molecule has 0 spiro atoms. The number of anilines is 1. The molecule has 1 aliphatic carbocycles. The molecule has 0 aromatic carbocycles. The van der Waals surface area contributed by atoms with Crippen molar-refractivity contribution in [3.63, 3.8) is 0 Å². The molecule has 1 aromatic rings. The molecule has 0 aliphatic heterocycles. The summed E-state index contributed by atoms with van der Waals surface area (Å²) in [6.45, 7) is 3.79. The van der Waals surface area contributed by atoms with E-state index in [9.17, 15) is 4.79 Å². The molecule has 0 radical (unpaired) electrons. The van der Waals surface area contributed by atoms with E-state index in [-0.39, 0.29) is 5.91 Å². The Hall–Kier alpha value is -1.65. The Bertz CT molecular complexity index is 440. The van der Waals surface area contributed by atoms with Crippen LogP contribution in [0, 0.1) is 5.92 Å². The van der Waals surface area contributed by atoms with E-state index >= 15 is 0 Å². The van der Waals surface area contributed by atoms with Crippen LogP contribution in [0.25, 0.3) is 0 Å². The SMILES string of the molecule is CCCNc1ccc(C(=O)N(C)CC2CCCCC2)nn1. The molecule has 1 N–H and O–H groups in total. The predicted molar refractivity (Wildman–Crippen MR) is 84.3 cm³/mol. The van der Waals surface area contributed by atoms with Crippen molar-refractivity contribution in [2.45, 2.75) is 45.4 Å². The summed E-state index contributed by atoms with van der Waals surface area (Å²) < 4.78 is 0. The number of amides is 1. The highest BCUT2D eigenvalue weighted by atomic mass is 16.2. The van der Waals surface area contributed by atoms with Gasteiger partial charge in [0.15, 0.2) is 5.69 Å². The van der Waals surface area contributed by atoms with Crippen molar-refractivity contribution in [3.05, 3.63) is 17.8 Å². The smallest absolute Gasteiger partial charge is 0.274 e. The average Bonchev–Trinajstić information content (AvgIpc) is 2.53. The minimum Gasteiger partial charge on any atom is -0.369 e. The second kappa shape index (κ2) is 7.96. The first-order valence-corrected chi connectivity index (χ1v) is 8.03. The molecule has 2 rings (SSSR count). The summed E-state index contributed by atoms with van der Waals surface area (Å²) in [4.78, 5) is 14.1. The van der Waals surface area contributed by atoms with Gasteiger partial charge >= 0.3 is 0 Å². The zero-order valence-corrected chi connectivity index (χ0v) is 13.1. The van der Waals surface area contributed by atoms with Gasteiger partial charge in [-0.15, -0.1) is 10.2 Å². The van der Waals surface area contributed by atoms with Crippen molar-refractivity contribution >= 4 is 11.7 Å². The first kappa shape index (κ1) is 15.7. The fourth-order valence-electron chi connectivity index (χ4n) is 2.83. The lowest BCUT2D eigenvalue weighted by atomic mass is 9.89. The Labute approximate surface area is 127 Å². The Morgan fingerprint density at radius 3 is 2.67 bits per heavy atom. The van der Waals surface area contributed by atoms with E-state index in [2.05, 4.69) is 22.4 Å². The van der Waals surface area contributed by atoms with E-state index in [1.54, 1.807) is 11.0 Å². The molecule has 1 saturated carbocycles. The normalized spacial score (nSPS) is 15.7. The van der Waals surface area contributed by atoms with Crippen molar-refractivity contribution in [1.29, 1.82) is 0 Å². The second-order valence-corrected chi connectivity index (χ2v) is 5.92. The second-order valence-electron chi connectivity index (χ2n) is 5.92. The molecule has 1 amide bonds. The lowest BCUT2D eigenvalue weighted by Crippen LogP contribution is -2.33. The van der Waals surface area contributed by atoms with Gasteiger partial charge in [-0.25, -0.2) is 0 Å². The summed E-state index contributed by atoms with van der Waals surface area (Å²) in [5, 5.41) is 11.3. The van der Waals surface area contributed by atoms with Gasteiger partial charge in [0.1, 0.15) is 5.82 Å². The van der Waals surface area contributed by atoms with Gasteiger partial charge in [-0.1, -0.05) is 26.2 Å². The molecular formula is C16H26N4O. The summed E-state index contributed by atoms with van der Waals surface area (Å²) in [5.41, 5.74) is 0.426. The molecule has 0 atom stereocenters. The molecule has 1 aromatic heterocycles. The number of aromatic nitrogens is 2. The molecule has 21 heavy (non-hydrogen) atoms. The summed E-state index contributed by atoms with van der Waals surface area (Å²) in [6.07, 6.45) is 7.44. The van der Waals surface area contributed by atoms with Crippen LogP contribution in [0.2, 0.25) is 0 Å². The van der Waals surface area contributed by atoms with Gasteiger partial charge in [0.05, 0.1) is 0 Å². The van der Waals surface area contributed by atoms with Gasteiger partial charge in [-0.05, 0) is 37.3 Å². The summed E-state index contributed by atoms with van der Waals surface area (Å²) >= 11 is 0. The number of carbonyl (C=O) groups is 1. The van der Waals surface area contributed by atoms with Crippen molar-refractivity contribution in [2.75, 3.05) is 25.5 Å². The van der Waals surface area contributed by atoms with Gasteiger partial charge < -0.3 is 10.2 Å². The maximum atomic E-state index is 12.3. The summed E-state index contributed by atoms with van der Waals surface area (Å²) in [6, 6.07) is 3.58. The van der Waals surface area contributed by atoms with Crippen LogP contribution in [-0.2, 0) is 0 Å². The average molecular weight is 290 g/mol. The van der Waals surface area contributed by atoms with Crippen LogP contribution in [-0.4, -0.2) is 41.1 Å². The van der Waals surface area contributed by atoms with Crippen LogP contribution in [0.5, 0.6) is 0 Å². The summed E-state index contributed by atoms with van der Waals surface area (Å²) in [5.74, 6) is 1.34. The lowest BCUT2D eigenvalue weighted by Gasteiger charge is -2.26. The van der Waals surface area contributed by atoms with E-state index in [1.165, 1.54) is 32.1 Å². The van der Waals surface area contributed by atoms with Crippen molar-refractivity contribution in [1.82, 2.24) is 15.1 Å². The molecule has 116 valence electrons. The van der Waals surface area contributed by atoms with E-state index in [1.807, 2.05) is 13.1 Å². The van der Waals surface area contributed by atoms with Crippen LogP contribution in [0.15, 0.2) is 12.1 Å². The van der Waals surface area contributed by atoms with Crippen LogP contribution in [0.3, 0.4) is 0 Å². The van der Waals surface area contributed by atoms with Gasteiger partial charge in [-0.3, -0.25) is 4.79 Å². The van der Waals surface area contributed by atoms with E-state index in [0.29, 0.717) is 11.6 Å². The van der Waals surface area contributed by atoms with E-state index in [4.69, 9.17) is 0 Å². The van der Waals surface area contributed by atoms with Crippen LogP contribution >= 0.6 is 0 Å². The van der Waals surface area contributed by atoms with Gasteiger partial charge in [0.2, 0.25) is 0 Å². The number of hydrogen-bond acceptors (Lipinski definition) is 4. The molecule has 0 bridgehead atoms. The highest BCUT2D eigenvalue weighted by Gasteiger charge is 2.20. The topological polar surface area (TPSA) is 58.1 Å². The van der Waals surface area contributed by atoms with Crippen LogP contribution in [0.1, 0.15) is 55.9 Å². The maximum Gasteiger partial charge on any atom is 0.274 e. The fourth-order valence-corrected chi connectivity index (χ4v) is 2.83. The molecule has 5 heteroatoms. The highest BCUT2D eigenvalue weighted by molar-refractivity contribution is 5.92. The molecule has 0 saturated heterocycles. The lowest BCUT2D eigenvalue weighted by molar-refractivity contribution is 0.0753. The Morgan fingerprint density at radius 2 is 2.05 bits per heavy atom. The maximum absolute atomic E-state index is 12.3. The third kappa shape index (κ3) is 4.69. The molecule has 1 heterocycles. The molecule has 1 fully saturated rings. The number of hydrogen-bond donors (Lipinski definition) is 1. The first-order chi connectivity index (χ1) is 10.2. The number of nitrogens with zero attached hydrogens (tertiary/aromatic N) is 3. The Kier molecular flexibility index (Phi) is 5.96. The van der Waals surface area contributed by atoms with Crippen LogP contribution in [0.4, 0.5) is 5.82 Å². The third-order valence-electron chi connectivity index (χ3n) is 4.04. The zero-order chi connectivity index (χ0) is 15.1. The first-order valence-electron chi connectivity index (χ1n) is 8.03. The number of carbonyl (C=O) groups excluding carboxylic acids is 1.